The second-order valence-corrected chi connectivity index (χ2v) is 41.0. The molecule has 0 amide bonds. The number of fused-ring (bicyclic) bond motifs is 1. The highest BCUT2D eigenvalue weighted by atomic mass is 35.5. The van der Waals surface area contributed by atoms with Gasteiger partial charge in [-0.25, -0.2) is 23.4 Å². The van der Waals surface area contributed by atoms with E-state index in [2.05, 4.69) is 115 Å². The quantitative estimate of drug-likeness (QED) is 0.0262. The van der Waals surface area contributed by atoms with Crippen molar-refractivity contribution in [3.63, 3.8) is 0 Å². The van der Waals surface area contributed by atoms with E-state index in [1.807, 2.05) is 87.5 Å². The minimum atomic E-state index is -3.51. The average molecular weight is 1640 g/mol. The van der Waals surface area contributed by atoms with Gasteiger partial charge in [0.25, 0.3) is 0 Å². The number of aliphatic hydroxyl groups is 1. The Morgan fingerprint density at radius 3 is 1.71 bits per heavy atom. The van der Waals surface area contributed by atoms with Crippen LogP contribution in [0.25, 0.3) is 5.57 Å². The number of aliphatic hydroxyl groups excluding tert-OH is 1. The molecular formula is C81H103Cl2N17O8P2S2. The number of likely N-dealkylation sites (N-methyl/N-ethyl adjacent to an activating group) is 1. The number of allylic oxidation sites excluding steroid dienone is 2. The fraction of sp³-hybridized carbons (Fsp3) is 0.383. The number of aromatic nitrogens is 6. The second kappa shape index (κ2) is 37.5. The van der Waals surface area contributed by atoms with E-state index < -0.39 is 40.2 Å². The van der Waals surface area contributed by atoms with Crippen molar-refractivity contribution < 1.29 is 36.3 Å². The highest BCUT2D eigenvalue weighted by Crippen LogP contribution is 2.43. The lowest BCUT2D eigenvalue weighted by molar-refractivity contribution is 0.0982. The predicted molar refractivity (Wildman–Crippen MR) is 462 cm³/mol. The maximum absolute atomic E-state index is 13.0. The maximum Gasteiger partial charge on any atom is 0.229 e. The molecule has 1 unspecified atom stereocenters. The number of anilines is 14. The summed E-state index contributed by atoms with van der Waals surface area (Å²) in [6, 6.07) is 40.4. The first kappa shape index (κ1) is 84.2. The molecule has 0 saturated carbocycles. The lowest BCUT2D eigenvalue weighted by atomic mass is 10.0. The average Bonchev–Trinajstić information content (AvgIpc) is 1.59. The predicted octanol–water partition coefficient (Wildman–Crippen LogP) is 15.0. The number of piperazine rings is 2. The number of nitrogens with zero attached hydrogens (tertiary/aromatic N) is 11. The van der Waals surface area contributed by atoms with Crippen LogP contribution in [0.3, 0.4) is 0 Å². The van der Waals surface area contributed by atoms with Gasteiger partial charge in [0.2, 0.25) is 17.8 Å². The largest absolute Gasteiger partial charge is 0.495 e. The van der Waals surface area contributed by atoms with Crippen LogP contribution in [-0.2, 0) is 36.2 Å². The number of piperidine rings is 1. The highest BCUT2D eigenvalue weighted by Gasteiger charge is 2.30. The molecule has 112 heavy (non-hydrogen) atoms. The molecular weight excluding hydrogens is 1540 g/mol. The molecule has 1 aliphatic carbocycles. The first-order chi connectivity index (χ1) is 53.5. The second-order valence-electron chi connectivity index (χ2n) is 29.4. The van der Waals surface area contributed by atoms with Gasteiger partial charge in [0.15, 0.2) is 21.5 Å². The summed E-state index contributed by atoms with van der Waals surface area (Å²) in [6.45, 7) is 29.6. The van der Waals surface area contributed by atoms with Crippen LogP contribution in [0.4, 0.5) is 80.8 Å². The number of methoxy groups -OCH3 is 2. The Bertz CT molecular complexity index is 5090. The number of nitrogens with one attached hydrogen (secondary N) is 6. The van der Waals surface area contributed by atoms with Gasteiger partial charge in [-0.1, -0.05) is 79.5 Å². The van der Waals surface area contributed by atoms with Crippen LogP contribution in [0, 0.1) is 6.92 Å². The van der Waals surface area contributed by atoms with Gasteiger partial charge < -0.3 is 70.3 Å². The van der Waals surface area contributed by atoms with Crippen LogP contribution < -0.4 is 61.8 Å². The van der Waals surface area contributed by atoms with Crippen molar-refractivity contribution in [1.29, 1.82) is 0 Å². The topological polar surface area (TPSA) is 290 Å². The van der Waals surface area contributed by atoms with Crippen molar-refractivity contribution in [2.24, 2.45) is 0 Å². The lowest BCUT2D eigenvalue weighted by Gasteiger charge is -2.42. The summed E-state index contributed by atoms with van der Waals surface area (Å²) in [5.41, 5.74) is 10.3. The molecule has 0 spiro atoms. The van der Waals surface area contributed by atoms with Gasteiger partial charge in [0.05, 0.1) is 93.2 Å². The van der Waals surface area contributed by atoms with E-state index in [1.54, 1.807) is 103 Å². The molecule has 1 atom stereocenters. The van der Waals surface area contributed by atoms with Crippen molar-refractivity contribution in [2.75, 3.05) is 168 Å². The molecule has 31 heteroatoms. The zero-order valence-corrected chi connectivity index (χ0v) is 70.8. The summed E-state index contributed by atoms with van der Waals surface area (Å²) in [5, 5.41) is 30.3. The minimum absolute atomic E-state index is 0.00434. The van der Waals surface area contributed by atoms with E-state index >= 15 is 0 Å². The Hall–Kier alpha value is -8.72. The van der Waals surface area contributed by atoms with Gasteiger partial charge in [-0.3, -0.25) is 14.0 Å². The van der Waals surface area contributed by atoms with Crippen molar-refractivity contribution in [1.82, 2.24) is 44.6 Å². The molecule has 0 radical (unpaired) electrons. The van der Waals surface area contributed by atoms with Gasteiger partial charge in [0.1, 0.15) is 41.6 Å². The van der Waals surface area contributed by atoms with E-state index in [1.165, 1.54) is 50.9 Å². The smallest absolute Gasteiger partial charge is 0.229 e. The molecule has 6 aromatic carbocycles. The van der Waals surface area contributed by atoms with E-state index in [9.17, 15) is 21.8 Å². The van der Waals surface area contributed by atoms with Crippen LogP contribution >= 0.6 is 37.5 Å². The number of benzene rings is 6. The molecule has 25 nitrogen and oxygen atoms in total. The summed E-state index contributed by atoms with van der Waals surface area (Å²) in [6.07, 6.45) is 8.24. The summed E-state index contributed by atoms with van der Waals surface area (Å²) < 4.78 is 75.2. The number of hydrogen-bond donors (Lipinski definition) is 7. The maximum atomic E-state index is 13.0. The van der Waals surface area contributed by atoms with Crippen LogP contribution in [-0.4, -0.2) is 205 Å². The summed E-state index contributed by atoms with van der Waals surface area (Å²) in [5.74, 6) is 3.71. The van der Waals surface area contributed by atoms with Gasteiger partial charge >= 0.3 is 0 Å². The minimum Gasteiger partial charge on any atom is -0.495 e. The Balaban J connectivity index is 0.000000166. The molecule has 3 saturated heterocycles. The number of sulfone groups is 1. The van der Waals surface area contributed by atoms with Gasteiger partial charge in [0, 0.05) is 129 Å². The van der Waals surface area contributed by atoms with Crippen LogP contribution in [0.15, 0.2) is 156 Å². The molecule has 3 aromatic heterocycles. The van der Waals surface area contributed by atoms with Gasteiger partial charge in [-0.05, 0) is 170 Å². The zero-order valence-electron chi connectivity index (χ0n) is 65.9. The third-order valence-electron chi connectivity index (χ3n) is 20.0. The third kappa shape index (κ3) is 21.2. The fourth-order valence-corrected chi connectivity index (χ4v) is 18.1. The van der Waals surface area contributed by atoms with Crippen LogP contribution in [0.1, 0.15) is 64.3 Å². The Kier molecular flexibility index (Phi) is 28.2. The van der Waals surface area contributed by atoms with Gasteiger partial charge in [-0.2, -0.15) is 15.0 Å². The standard InChI is InChI=1S/C30H40ClN7OS.C26H31N4O4PS.C25H32ClN6O3P/c1-21(2)40(39)28-8-6-5-7-27(28)33-29-25(31)20-32-30(35-29)34-26-10-9-24(19-22(26)3)37-13-11-23(12-14-37)38-17-15-36(4)16-18-38;1-16(2)36(32,33)23-10-8-7-9-20(23)27-25-24-17(3)11-13-21(24)29-26(30-25)28-19-14-12-18(35(5,6)31)15-22(19)34-4;1-35-22-16-18(32-12-10-31(11-13-32)14-15-33)8-9-20(22)29-25-27-17-19(26)24(30-25)28-21-6-4-5-7-23(21)36(2,3)34/h5-10,19-21,23H,11-18H2,1-4H3,(H2,32,33,34,35);7-12,14-16H,13H2,1-6H3,(H2,27,28,29,30);4-9,16-17,33H,10-15H2,1-3H3,(H2,27,28,29,30). The van der Waals surface area contributed by atoms with E-state index in [4.69, 9.17) is 47.8 Å². The Labute approximate surface area is 671 Å². The van der Waals surface area contributed by atoms with Crippen molar-refractivity contribution >= 4 is 155 Å². The molecule has 13 rings (SSSR count). The number of ether oxygens (including phenoxy) is 2. The van der Waals surface area contributed by atoms with Crippen molar-refractivity contribution in [2.45, 2.75) is 87.1 Å². The highest BCUT2D eigenvalue weighted by molar-refractivity contribution is 7.92. The van der Waals surface area contributed by atoms with Crippen LogP contribution in [0.5, 0.6) is 11.5 Å². The molecule has 6 heterocycles. The lowest BCUT2D eigenvalue weighted by Crippen LogP contribution is -2.52. The van der Waals surface area contributed by atoms with E-state index in [-0.39, 0.29) is 16.8 Å². The first-order valence-corrected chi connectivity index (χ1v) is 46.2. The van der Waals surface area contributed by atoms with Crippen LogP contribution in [0.2, 0.25) is 10.0 Å². The third-order valence-corrected chi connectivity index (χ3v) is 27.5. The summed E-state index contributed by atoms with van der Waals surface area (Å²) in [7, 11) is -4.23. The molecule has 3 aliphatic heterocycles. The Morgan fingerprint density at radius 2 is 1.11 bits per heavy atom. The summed E-state index contributed by atoms with van der Waals surface area (Å²) in [4.78, 5) is 40.5. The molecule has 596 valence electrons. The Morgan fingerprint density at radius 1 is 0.580 bits per heavy atom. The molecule has 7 N–H and O–H groups in total. The number of aryl methyl sites for hydroxylation is 1. The molecule has 0 bridgehead atoms. The number of β-amino-alcohol motifs (C(OH)–C–C–N with tert-alkyl or cyclic N) is 1. The number of hydrogen-bond acceptors (Lipinski definition) is 25. The first-order valence-electron chi connectivity index (χ1n) is 37.5. The van der Waals surface area contributed by atoms with Gasteiger partial charge in [-0.15, -0.1) is 0 Å². The van der Waals surface area contributed by atoms with Crippen molar-refractivity contribution in [3.05, 3.63) is 173 Å². The van der Waals surface area contributed by atoms with E-state index in [0.717, 1.165) is 94.6 Å². The molecule has 4 aliphatic rings. The van der Waals surface area contributed by atoms with Crippen molar-refractivity contribution in [3.8, 4) is 11.5 Å². The number of rotatable bonds is 25. The fourth-order valence-electron chi connectivity index (χ4n) is 13.6. The zero-order chi connectivity index (χ0) is 80.2. The number of para-hydroxylation sites is 3. The monoisotopic (exact) mass is 1640 g/mol. The SMILES string of the molecule is COc1cc(N2CCN(CCO)CC2)ccc1Nc1ncc(Cl)c(Nc2ccccc2P(C)(C)=O)n1.COc1cc(P(C)(C)=O)ccc1Nc1nc2c(c(Nc3ccccc3S(=O)(=O)C(C)C)n1)C(C)=CC2.Cc1cc(N2CCC(N3CCN(C)CC3)CC2)ccc1Nc1ncc(Cl)c(Nc2ccccc2S(=O)C(C)C)n1. The summed E-state index contributed by atoms with van der Waals surface area (Å²) >= 11 is 12.8. The molecule has 3 fully saturated rings. The van der Waals surface area contributed by atoms with E-state index in [0.29, 0.717) is 98.2 Å². The molecule has 9 aromatic rings. The normalized spacial score (nSPS) is 15.5. The number of halogens is 2.